The maximum Gasteiger partial charge on any atom is 0.237 e. The van der Waals surface area contributed by atoms with Crippen molar-refractivity contribution in [3.63, 3.8) is 0 Å². The van der Waals surface area contributed by atoms with Gasteiger partial charge in [0.05, 0.1) is 5.92 Å². The third-order valence-corrected chi connectivity index (χ3v) is 4.35. The standard InChI is InChI=1S/C15H14N2OS/c1-3-12-13(14-16-10(2)9-19-14)17(15(12)18)11-7-5-4-6-8-11/h3-9,12-13H,1H2,2H3/t12-,13+/m1/s1. The number of aromatic nitrogens is 1. The monoisotopic (exact) mass is 270 g/mol. The molecule has 1 fully saturated rings. The van der Waals surface area contributed by atoms with Crippen molar-refractivity contribution >= 4 is 22.9 Å². The molecule has 1 aromatic heterocycles. The van der Waals surface area contributed by atoms with E-state index in [1.165, 1.54) is 0 Å². The number of amides is 1. The summed E-state index contributed by atoms with van der Waals surface area (Å²) in [6, 6.07) is 9.71. The second-order valence-electron chi connectivity index (χ2n) is 4.58. The van der Waals surface area contributed by atoms with Gasteiger partial charge in [0.15, 0.2) is 0 Å². The van der Waals surface area contributed by atoms with Crippen LogP contribution in [0.4, 0.5) is 5.69 Å². The zero-order valence-corrected chi connectivity index (χ0v) is 11.4. The predicted molar refractivity (Wildman–Crippen MR) is 77.2 cm³/mol. The van der Waals surface area contributed by atoms with Gasteiger partial charge in [0, 0.05) is 16.8 Å². The number of hydrogen-bond acceptors (Lipinski definition) is 3. The minimum atomic E-state index is -0.161. The summed E-state index contributed by atoms with van der Waals surface area (Å²) in [7, 11) is 0. The SMILES string of the molecule is C=C[C@H]1C(=O)N(c2ccccc2)[C@@H]1c1nc(C)cs1. The summed E-state index contributed by atoms with van der Waals surface area (Å²) < 4.78 is 0. The number of anilines is 1. The Bertz CT molecular complexity index is 620. The van der Waals surface area contributed by atoms with Gasteiger partial charge in [-0.1, -0.05) is 24.3 Å². The number of hydrogen-bond donors (Lipinski definition) is 0. The smallest absolute Gasteiger partial charge is 0.237 e. The first-order valence-corrected chi connectivity index (χ1v) is 7.03. The Kier molecular flexibility index (Phi) is 2.95. The number of carbonyl (C=O) groups excluding carboxylic acids is 1. The molecular weight excluding hydrogens is 256 g/mol. The van der Waals surface area contributed by atoms with Crippen molar-refractivity contribution in [2.75, 3.05) is 4.90 Å². The number of benzene rings is 1. The lowest BCUT2D eigenvalue weighted by Crippen LogP contribution is -2.54. The zero-order chi connectivity index (χ0) is 13.4. The molecule has 96 valence electrons. The third kappa shape index (κ3) is 1.88. The first-order chi connectivity index (χ1) is 9.22. The molecule has 0 unspecified atom stereocenters. The Balaban J connectivity index is 1.99. The van der Waals surface area contributed by atoms with Gasteiger partial charge in [-0.25, -0.2) is 4.98 Å². The fourth-order valence-corrected chi connectivity index (χ4v) is 3.32. The van der Waals surface area contributed by atoms with Gasteiger partial charge in [-0.15, -0.1) is 17.9 Å². The van der Waals surface area contributed by atoms with Crippen LogP contribution >= 0.6 is 11.3 Å². The average Bonchev–Trinajstić information content (AvgIpc) is 2.83. The highest BCUT2D eigenvalue weighted by molar-refractivity contribution is 7.09. The van der Waals surface area contributed by atoms with E-state index in [4.69, 9.17) is 0 Å². The lowest BCUT2D eigenvalue weighted by molar-refractivity contribution is -0.128. The van der Waals surface area contributed by atoms with Crippen molar-refractivity contribution in [3.05, 3.63) is 59.1 Å². The van der Waals surface area contributed by atoms with Crippen LogP contribution in [0.5, 0.6) is 0 Å². The van der Waals surface area contributed by atoms with Gasteiger partial charge >= 0.3 is 0 Å². The Morgan fingerprint density at radius 2 is 2.11 bits per heavy atom. The molecule has 2 atom stereocenters. The topological polar surface area (TPSA) is 33.2 Å². The fraction of sp³-hybridized carbons (Fsp3) is 0.200. The molecule has 0 N–H and O–H groups in total. The molecule has 2 aromatic rings. The van der Waals surface area contributed by atoms with Gasteiger partial charge in [-0.2, -0.15) is 0 Å². The lowest BCUT2D eigenvalue weighted by Gasteiger charge is -2.44. The average molecular weight is 270 g/mol. The van der Waals surface area contributed by atoms with Crippen LogP contribution in [-0.4, -0.2) is 10.9 Å². The van der Waals surface area contributed by atoms with Gasteiger partial charge < -0.3 is 4.90 Å². The highest BCUT2D eigenvalue weighted by atomic mass is 32.1. The van der Waals surface area contributed by atoms with Crippen LogP contribution in [0.1, 0.15) is 16.7 Å². The second-order valence-corrected chi connectivity index (χ2v) is 5.47. The van der Waals surface area contributed by atoms with Gasteiger partial charge in [-0.3, -0.25) is 4.79 Å². The number of β-lactam (4-membered cyclic amide) rings is 1. The van der Waals surface area contributed by atoms with E-state index in [-0.39, 0.29) is 17.9 Å². The van der Waals surface area contributed by atoms with Gasteiger partial charge in [0.2, 0.25) is 5.91 Å². The van der Waals surface area contributed by atoms with Crippen LogP contribution in [0.2, 0.25) is 0 Å². The summed E-state index contributed by atoms with van der Waals surface area (Å²) in [5, 5.41) is 2.99. The van der Waals surface area contributed by atoms with Crippen LogP contribution in [0, 0.1) is 12.8 Å². The highest BCUT2D eigenvalue weighted by Crippen LogP contribution is 2.44. The summed E-state index contributed by atoms with van der Waals surface area (Å²) in [4.78, 5) is 18.5. The summed E-state index contributed by atoms with van der Waals surface area (Å²) in [5.74, 6) is -0.0650. The molecule has 3 nitrogen and oxygen atoms in total. The van der Waals surface area contributed by atoms with Crippen LogP contribution in [0.3, 0.4) is 0 Å². The van der Waals surface area contributed by atoms with E-state index in [9.17, 15) is 4.79 Å². The van der Waals surface area contributed by atoms with Crippen molar-refractivity contribution in [2.45, 2.75) is 13.0 Å². The number of carbonyl (C=O) groups is 1. The largest absolute Gasteiger partial charge is 0.301 e. The molecule has 1 aromatic carbocycles. The number of nitrogens with zero attached hydrogens (tertiary/aromatic N) is 2. The van der Waals surface area contributed by atoms with Crippen LogP contribution < -0.4 is 4.90 Å². The molecule has 1 aliphatic heterocycles. The molecule has 0 bridgehead atoms. The Morgan fingerprint density at radius 3 is 2.68 bits per heavy atom. The molecular formula is C15H14N2OS. The van der Waals surface area contributed by atoms with Crippen LogP contribution in [-0.2, 0) is 4.79 Å². The summed E-state index contributed by atoms with van der Waals surface area (Å²) in [6.07, 6.45) is 1.73. The highest BCUT2D eigenvalue weighted by Gasteiger charge is 2.48. The zero-order valence-electron chi connectivity index (χ0n) is 10.6. The van der Waals surface area contributed by atoms with E-state index >= 15 is 0 Å². The lowest BCUT2D eigenvalue weighted by atomic mass is 9.87. The predicted octanol–water partition coefficient (Wildman–Crippen LogP) is 3.34. The van der Waals surface area contributed by atoms with Crippen LogP contribution in [0.15, 0.2) is 48.4 Å². The van der Waals surface area contributed by atoms with Gasteiger partial charge in [0.1, 0.15) is 11.0 Å². The van der Waals surface area contributed by atoms with E-state index in [2.05, 4.69) is 11.6 Å². The quantitative estimate of drug-likeness (QED) is 0.633. The van der Waals surface area contributed by atoms with Crippen molar-refractivity contribution in [2.24, 2.45) is 5.92 Å². The Labute approximate surface area is 116 Å². The third-order valence-electron chi connectivity index (χ3n) is 3.32. The number of rotatable bonds is 3. The molecule has 4 heteroatoms. The molecule has 0 aliphatic carbocycles. The summed E-state index contributed by atoms with van der Waals surface area (Å²) >= 11 is 1.60. The number of aryl methyl sites for hydroxylation is 1. The molecule has 19 heavy (non-hydrogen) atoms. The van der Waals surface area contributed by atoms with E-state index in [1.54, 1.807) is 17.4 Å². The molecule has 3 rings (SSSR count). The van der Waals surface area contributed by atoms with Gasteiger partial charge in [0.25, 0.3) is 0 Å². The Hall–Kier alpha value is -1.94. The van der Waals surface area contributed by atoms with Crippen molar-refractivity contribution in [1.29, 1.82) is 0 Å². The van der Waals surface area contributed by atoms with Gasteiger partial charge in [-0.05, 0) is 19.1 Å². The Morgan fingerprint density at radius 1 is 1.37 bits per heavy atom. The van der Waals surface area contributed by atoms with Crippen molar-refractivity contribution < 1.29 is 4.79 Å². The van der Waals surface area contributed by atoms with Crippen molar-refractivity contribution in [3.8, 4) is 0 Å². The number of thiazole rings is 1. The molecule has 0 spiro atoms. The van der Waals surface area contributed by atoms with Crippen molar-refractivity contribution in [1.82, 2.24) is 4.98 Å². The minimum absolute atomic E-state index is 0.00824. The second kappa shape index (κ2) is 4.63. The molecule has 0 saturated carbocycles. The fourth-order valence-electron chi connectivity index (χ4n) is 2.39. The first-order valence-electron chi connectivity index (χ1n) is 6.15. The molecule has 1 saturated heterocycles. The van der Waals surface area contributed by atoms with E-state index in [0.717, 1.165) is 16.4 Å². The molecule has 2 heterocycles. The molecule has 1 amide bonds. The summed E-state index contributed by atoms with van der Waals surface area (Å²) in [6.45, 7) is 5.74. The number of para-hydroxylation sites is 1. The first kappa shape index (κ1) is 12.1. The maximum absolute atomic E-state index is 12.2. The summed E-state index contributed by atoms with van der Waals surface area (Å²) in [5.41, 5.74) is 1.92. The molecule has 1 aliphatic rings. The maximum atomic E-state index is 12.2. The van der Waals surface area contributed by atoms with Crippen LogP contribution in [0.25, 0.3) is 0 Å². The van der Waals surface area contributed by atoms with E-state index in [1.807, 2.05) is 47.5 Å². The normalized spacial score (nSPS) is 22.2. The molecule has 0 radical (unpaired) electrons. The van der Waals surface area contributed by atoms with E-state index < -0.39 is 0 Å². The van der Waals surface area contributed by atoms with E-state index in [0.29, 0.717) is 0 Å². The minimum Gasteiger partial charge on any atom is -0.301 e.